The molecule has 4 rings (SSSR count). The fourth-order valence-electron chi connectivity index (χ4n) is 5.79. The van der Waals surface area contributed by atoms with Crippen molar-refractivity contribution in [2.24, 2.45) is 11.8 Å². The van der Waals surface area contributed by atoms with Crippen molar-refractivity contribution >= 4 is 29.4 Å². The third-order valence-corrected chi connectivity index (χ3v) is 8.85. The number of benzene rings is 2. The first-order valence-electron chi connectivity index (χ1n) is 18.5. The topological polar surface area (TPSA) is 158 Å². The number of hydrogen-bond acceptors (Lipinski definition) is 8. The molecule has 0 aromatic heterocycles. The van der Waals surface area contributed by atoms with Crippen molar-refractivity contribution in [1.29, 1.82) is 0 Å². The second-order valence-electron chi connectivity index (χ2n) is 14.7. The van der Waals surface area contributed by atoms with Crippen molar-refractivity contribution in [1.82, 2.24) is 26.2 Å². The van der Waals surface area contributed by atoms with Crippen LogP contribution in [0.5, 0.6) is 0 Å². The number of ether oxygens (including phenoxy) is 2. The van der Waals surface area contributed by atoms with E-state index in [1.807, 2.05) is 81.1 Å². The lowest BCUT2D eigenvalue weighted by atomic mass is 9.93. The molecule has 286 valence electrons. The first-order chi connectivity index (χ1) is 24.8. The molecule has 4 atom stereocenters. The maximum absolute atomic E-state index is 13.6. The Hall–Kier alpha value is -4.13. The number of carbonyl (C=O) groups excluding carboxylic acids is 5. The van der Waals surface area contributed by atoms with Gasteiger partial charge in [0.15, 0.2) is 5.78 Å². The normalized spacial score (nSPS) is 18.6. The molecule has 2 aromatic rings. The van der Waals surface area contributed by atoms with Crippen LogP contribution in [0.3, 0.4) is 0 Å². The van der Waals surface area contributed by atoms with Gasteiger partial charge in [-0.2, -0.15) is 0 Å². The van der Waals surface area contributed by atoms with Gasteiger partial charge in [0.25, 0.3) is 0 Å². The number of ketones is 1. The molecule has 0 saturated carbocycles. The third kappa shape index (κ3) is 15.6. The van der Waals surface area contributed by atoms with Crippen LogP contribution in [-0.2, 0) is 39.9 Å². The van der Waals surface area contributed by atoms with Crippen molar-refractivity contribution < 1.29 is 33.4 Å². The van der Waals surface area contributed by atoms with E-state index in [-0.39, 0.29) is 36.6 Å². The zero-order chi connectivity index (χ0) is 38.1. The zero-order valence-electron chi connectivity index (χ0n) is 31.7. The lowest BCUT2D eigenvalue weighted by Crippen LogP contribution is -2.56. The van der Waals surface area contributed by atoms with Gasteiger partial charge >= 0.3 is 0 Å². The lowest BCUT2D eigenvalue weighted by molar-refractivity contribution is -0.134. The van der Waals surface area contributed by atoms with E-state index in [1.54, 1.807) is 6.92 Å². The maximum atomic E-state index is 13.6. The van der Waals surface area contributed by atoms with Crippen molar-refractivity contribution in [2.45, 2.75) is 91.0 Å². The van der Waals surface area contributed by atoms with Crippen LogP contribution in [0.15, 0.2) is 60.7 Å². The highest BCUT2D eigenvalue weighted by Gasteiger charge is 2.50. The number of carbonyl (C=O) groups is 5. The molecule has 2 aliphatic heterocycles. The minimum absolute atomic E-state index is 0.0564. The molecule has 0 spiro atoms. The van der Waals surface area contributed by atoms with Crippen LogP contribution in [0.2, 0.25) is 0 Å². The van der Waals surface area contributed by atoms with Crippen molar-refractivity contribution in [3.05, 3.63) is 71.8 Å². The van der Waals surface area contributed by atoms with Gasteiger partial charge in [0.05, 0.1) is 39.0 Å². The Bertz CT molecular complexity index is 1430. The van der Waals surface area contributed by atoms with E-state index in [9.17, 15) is 24.0 Å². The monoisotopic (exact) mass is 721 g/mol. The van der Waals surface area contributed by atoms with Crippen molar-refractivity contribution in [2.75, 3.05) is 46.0 Å². The number of nitrogens with one attached hydrogen (secondary N) is 4. The maximum Gasteiger partial charge on any atom is 0.243 e. The van der Waals surface area contributed by atoms with Crippen molar-refractivity contribution in [3.63, 3.8) is 0 Å². The first-order valence-corrected chi connectivity index (χ1v) is 18.5. The predicted molar refractivity (Wildman–Crippen MR) is 200 cm³/mol. The molecule has 12 nitrogen and oxygen atoms in total. The van der Waals surface area contributed by atoms with Gasteiger partial charge in [-0.1, -0.05) is 93.9 Å². The summed E-state index contributed by atoms with van der Waals surface area (Å²) in [4.78, 5) is 67.5. The van der Waals surface area contributed by atoms with Gasteiger partial charge in [0.2, 0.25) is 23.6 Å². The molecular weight excluding hydrogens is 662 g/mol. The molecule has 0 bridgehead atoms. The van der Waals surface area contributed by atoms with E-state index in [0.717, 1.165) is 5.56 Å². The SMILES string of the molecule is CC(C)CC(NC(=O)[C@H](CCc1ccccc1)NC(=O)CN1CCOCC1)C(=O)NCC(=O)N[C@H](CC(C)C)C(=O)C1(C)CO1.Cc1ccccc1. The predicted octanol–water partition coefficient (Wildman–Crippen LogP) is 2.97. The Morgan fingerprint density at radius 2 is 1.31 bits per heavy atom. The molecule has 2 heterocycles. The Labute approximate surface area is 309 Å². The summed E-state index contributed by atoms with van der Waals surface area (Å²) in [6.07, 6.45) is 1.68. The summed E-state index contributed by atoms with van der Waals surface area (Å²) in [7, 11) is 0. The Kier molecular flexibility index (Phi) is 17.4. The molecule has 12 heteroatoms. The largest absolute Gasteiger partial charge is 0.379 e. The number of hydrogen-bond donors (Lipinski definition) is 4. The summed E-state index contributed by atoms with van der Waals surface area (Å²) in [6.45, 7) is 14.1. The summed E-state index contributed by atoms with van der Waals surface area (Å²) < 4.78 is 10.6. The fraction of sp³-hybridized carbons (Fsp3) is 0.575. The lowest BCUT2D eigenvalue weighted by Gasteiger charge is -2.28. The summed E-state index contributed by atoms with van der Waals surface area (Å²) >= 11 is 0. The van der Waals surface area contributed by atoms with Crippen LogP contribution in [0.1, 0.15) is 65.0 Å². The third-order valence-electron chi connectivity index (χ3n) is 8.85. The van der Waals surface area contributed by atoms with Crippen LogP contribution in [0.25, 0.3) is 0 Å². The average molecular weight is 722 g/mol. The second-order valence-corrected chi connectivity index (χ2v) is 14.7. The molecule has 2 unspecified atom stereocenters. The van der Waals surface area contributed by atoms with Gasteiger partial charge < -0.3 is 30.7 Å². The van der Waals surface area contributed by atoms with Crippen molar-refractivity contribution in [3.8, 4) is 0 Å². The molecular formula is C40H59N5O7. The van der Waals surface area contributed by atoms with E-state index < -0.39 is 41.4 Å². The molecule has 4 amide bonds. The number of rotatable bonds is 18. The smallest absolute Gasteiger partial charge is 0.243 e. The van der Waals surface area contributed by atoms with Gasteiger partial charge in [-0.25, -0.2) is 0 Å². The first kappa shape index (κ1) is 42.3. The number of amides is 4. The highest BCUT2D eigenvalue weighted by molar-refractivity contribution is 5.97. The van der Waals surface area contributed by atoms with Gasteiger partial charge in [-0.3, -0.25) is 28.9 Å². The summed E-state index contributed by atoms with van der Waals surface area (Å²) in [5.41, 5.74) is 1.47. The number of nitrogens with zero attached hydrogens (tertiary/aromatic N) is 1. The molecule has 2 fully saturated rings. The van der Waals surface area contributed by atoms with E-state index in [4.69, 9.17) is 9.47 Å². The number of aryl methyl sites for hydroxylation is 2. The fourth-order valence-corrected chi connectivity index (χ4v) is 5.79. The molecule has 2 aromatic carbocycles. The molecule has 2 aliphatic rings. The summed E-state index contributed by atoms with van der Waals surface area (Å²) in [6, 6.07) is 17.4. The number of Topliss-reactive ketones (excluding diaryl/α,β-unsaturated/α-hetero) is 1. The minimum atomic E-state index is -0.924. The van der Waals surface area contributed by atoms with Gasteiger partial charge in [0, 0.05) is 13.1 Å². The van der Waals surface area contributed by atoms with E-state index in [2.05, 4.69) is 40.3 Å². The van der Waals surface area contributed by atoms with E-state index in [1.165, 1.54) is 5.56 Å². The summed E-state index contributed by atoms with van der Waals surface area (Å²) in [5, 5.41) is 11.1. The molecule has 2 saturated heterocycles. The standard InChI is InChI=1S/C33H51N5O7.C7H8/c1-22(2)17-26(30(41)33(5)21-45-33)36-28(39)19-34-31(42)27(18-23(3)4)37-32(43)25(12-11-24-9-7-6-8-10-24)35-29(40)20-38-13-15-44-16-14-38;1-7-5-3-2-4-6-7/h6-10,22-23,25-27H,11-21H2,1-5H3,(H,34,42)(H,35,40)(H,36,39)(H,37,43);2-6H,1H3/t25-,26+,27?,33?;/m0./s1. The van der Waals surface area contributed by atoms with Gasteiger partial charge in [-0.15, -0.1) is 0 Å². The molecule has 0 aliphatic carbocycles. The van der Waals surface area contributed by atoms with Crippen LogP contribution < -0.4 is 21.3 Å². The van der Waals surface area contributed by atoms with Crippen LogP contribution in [0, 0.1) is 18.8 Å². The molecule has 0 radical (unpaired) electrons. The molecule has 4 N–H and O–H groups in total. The number of morpholine rings is 1. The molecule has 52 heavy (non-hydrogen) atoms. The van der Waals surface area contributed by atoms with Crippen LogP contribution in [0.4, 0.5) is 0 Å². The minimum Gasteiger partial charge on any atom is -0.379 e. The zero-order valence-corrected chi connectivity index (χ0v) is 31.7. The number of epoxide rings is 1. The second kappa shape index (κ2) is 21.4. The highest BCUT2D eigenvalue weighted by atomic mass is 16.6. The van der Waals surface area contributed by atoms with E-state index in [0.29, 0.717) is 58.6 Å². The van der Waals surface area contributed by atoms with Gasteiger partial charge in [-0.05, 0) is 56.9 Å². The van der Waals surface area contributed by atoms with E-state index >= 15 is 0 Å². The average Bonchev–Trinajstić information content (AvgIpc) is 3.87. The Balaban J connectivity index is 0.000000927. The van der Waals surface area contributed by atoms with Crippen LogP contribution >= 0.6 is 0 Å². The van der Waals surface area contributed by atoms with Crippen LogP contribution in [-0.4, -0.2) is 104 Å². The summed E-state index contributed by atoms with van der Waals surface area (Å²) in [5.74, 6) is -1.73. The Morgan fingerprint density at radius 1 is 0.750 bits per heavy atom. The van der Waals surface area contributed by atoms with Gasteiger partial charge in [0.1, 0.15) is 17.7 Å². The Morgan fingerprint density at radius 3 is 1.85 bits per heavy atom. The highest BCUT2D eigenvalue weighted by Crippen LogP contribution is 2.29. The quantitative estimate of drug-likeness (QED) is 0.171.